The molecule has 1 saturated carbocycles. The smallest absolute Gasteiger partial charge is 0.227 e. The summed E-state index contributed by atoms with van der Waals surface area (Å²) in [6.45, 7) is 6.14. The van der Waals surface area contributed by atoms with Crippen LogP contribution in [-0.2, 0) is 0 Å². The van der Waals surface area contributed by atoms with E-state index in [4.69, 9.17) is 16.6 Å². The minimum absolute atomic E-state index is 0.424. The fourth-order valence-electron chi connectivity index (χ4n) is 4.31. The van der Waals surface area contributed by atoms with E-state index in [2.05, 4.69) is 38.3 Å². The second-order valence-electron chi connectivity index (χ2n) is 7.37. The summed E-state index contributed by atoms with van der Waals surface area (Å²) >= 11 is 6.39. The van der Waals surface area contributed by atoms with Crippen molar-refractivity contribution in [3.63, 3.8) is 0 Å². The van der Waals surface area contributed by atoms with Crippen LogP contribution in [0, 0.1) is 5.92 Å². The number of nitrogens with zero attached hydrogens (tertiary/aromatic N) is 3. The molecule has 1 aliphatic carbocycles. The van der Waals surface area contributed by atoms with E-state index in [9.17, 15) is 0 Å². The van der Waals surface area contributed by atoms with Crippen LogP contribution in [0.1, 0.15) is 32.6 Å². The Labute approximate surface area is 154 Å². The van der Waals surface area contributed by atoms with Crippen LogP contribution < -0.4 is 26.4 Å². The van der Waals surface area contributed by atoms with Gasteiger partial charge in [0.05, 0.1) is 6.20 Å². The number of fused-ring (bicyclic) bond motifs is 1. The maximum absolute atomic E-state index is 6.39. The molecular formula is C17H28ClN7. The van der Waals surface area contributed by atoms with Gasteiger partial charge in [-0.15, -0.1) is 0 Å². The molecule has 0 amide bonds. The zero-order valence-corrected chi connectivity index (χ0v) is 15.5. The number of hydrogen-bond donors (Lipinski definition) is 4. The van der Waals surface area contributed by atoms with Crippen molar-refractivity contribution >= 4 is 23.4 Å². The molecule has 1 aromatic rings. The maximum Gasteiger partial charge on any atom is 0.227 e. The summed E-state index contributed by atoms with van der Waals surface area (Å²) in [5, 5.41) is 7.65. The Kier molecular flexibility index (Phi) is 5.26. The SMILES string of the molecule is CCC1CNCCN1c1ncc(Cl)c(NC2CCC3NNCC3C2)n1. The summed E-state index contributed by atoms with van der Waals surface area (Å²) in [5.74, 6) is 2.25. The summed E-state index contributed by atoms with van der Waals surface area (Å²) in [6, 6.07) is 1.47. The summed E-state index contributed by atoms with van der Waals surface area (Å²) in [6.07, 6.45) is 6.28. The monoisotopic (exact) mass is 365 g/mol. The van der Waals surface area contributed by atoms with Gasteiger partial charge in [-0.1, -0.05) is 18.5 Å². The normalized spacial score (nSPS) is 32.5. The zero-order valence-electron chi connectivity index (χ0n) is 14.8. The van der Waals surface area contributed by atoms with Crippen molar-refractivity contribution in [3.05, 3.63) is 11.2 Å². The topological polar surface area (TPSA) is 77.1 Å². The number of rotatable bonds is 4. The number of nitrogens with one attached hydrogen (secondary N) is 4. The van der Waals surface area contributed by atoms with E-state index in [-0.39, 0.29) is 0 Å². The first-order chi connectivity index (χ1) is 12.2. The quantitative estimate of drug-likeness (QED) is 0.642. The number of hydrazine groups is 1. The van der Waals surface area contributed by atoms with Crippen molar-refractivity contribution in [2.75, 3.05) is 36.4 Å². The number of aromatic nitrogens is 2. The minimum atomic E-state index is 0.424. The summed E-state index contributed by atoms with van der Waals surface area (Å²) in [7, 11) is 0. The van der Waals surface area contributed by atoms with Crippen molar-refractivity contribution in [2.24, 2.45) is 5.92 Å². The zero-order chi connectivity index (χ0) is 17.2. The maximum atomic E-state index is 6.39. The third kappa shape index (κ3) is 3.69. The van der Waals surface area contributed by atoms with Gasteiger partial charge in [0.25, 0.3) is 0 Å². The third-order valence-corrected chi connectivity index (χ3v) is 6.06. The molecule has 3 aliphatic rings. The molecule has 3 heterocycles. The van der Waals surface area contributed by atoms with E-state index < -0.39 is 0 Å². The van der Waals surface area contributed by atoms with E-state index in [0.717, 1.165) is 57.2 Å². The molecule has 25 heavy (non-hydrogen) atoms. The first-order valence-corrected chi connectivity index (χ1v) is 9.87. The molecule has 0 bridgehead atoms. The largest absolute Gasteiger partial charge is 0.366 e. The molecule has 1 aromatic heterocycles. The lowest BCUT2D eigenvalue weighted by atomic mass is 9.83. The Morgan fingerprint density at radius 1 is 1.36 bits per heavy atom. The third-order valence-electron chi connectivity index (χ3n) is 5.78. The molecular weight excluding hydrogens is 338 g/mol. The van der Waals surface area contributed by atoms with Crippen LogP contribution in [-0.4, -0.2) is 54.3 Å². The predicted molar refractivity (Wildman–Crippen MR) is 101 cm³/mol. The molecule has 3 fully saturated rings. The number of anilines is 2. The Balaban J connectivity index is 1.48. The van der Waals surface area contributed by atoms with Gasteiger partial charge in [0, 0.05) is 44.3 Å². The molecule has 0 radical (unpaired) electrons. The molecule has 8 heteroatoms. The Morgan fingerprint density at radius 3 is 3.16 bits per heavy atom. The van der Waals surface area contributed by atoms with Crippen molar-refractivity contribution in [2.45, 2.75) is 50.7 Å². The first-order valence-electron chi connectivity index (χ1n) is 9.49. The molecule has 2 saturated heterocycles. The van der Waals surface area contributed by atoms with Crippen molar-refractivity contribution < 1.29 is 0 Å². The van der Waals surface area contributed by atoms with Crippen molar-refractivity contribution in [3.8, 4) is 0 Å². The second-order valence-corrected chi connectivity index (χ2v) is 7.78. The van der Waals surface area contributed by atoms with Gasteiger partial charge < -0.3 is 15.5 Å². The van der Waals surface area contributed by atoms with E-state index >= 15 is 0 Å². The van der Waals surface area contributed by atoms with E-state index in [1.54, 1.807) is 6.20 Å². The first kappa shape index (κ1) is 17.3. The highest BCUT2D eigenvalue weighted by atomic mass is 35.5. The second kappa shape index (κ2) is 7.61. The predicted octanol–water partition coefficient (Wildman–Crippen LogP) is 1.38. The average Bonchev–Trinajstić information content (AvgIpc) is 3.11. The molecule has 4 unspecified atom stereocenters. The van der Waals surface area contributed by atoms with Crippen LogP contribution in [0.15, 0.2) is 6.20 Å². The van der Waals surface area contributed by atoms with E-state index in [1.165, 1.54) is 6.42 Å². The molecule has 4 rings (SSSR count). The lowest BCUT2D eigenvalue weighted by Crippen LogP contribution is -2.51. The lowest BCUT2D eigenvalue weighted by molar-refractivity contribution is 0.314. The molecule has 0 aromatic carbocycles. The fraction of sp³-hybridized carbons (Fsp3) is 0.765. The van der Waals surface area contributed by atoms with Crippen molar-refractivity contribution in [1.29, 1.82) is 0 Å². The molecule has 4 N–H and O–H groups in total. The van der Waals surface area contributed by atoms with Crippen LogP contribution in [0.4, 0.5) is 11.8 Å². The Morgan fingerprint density at radius 2 is 2.28 bits per heavy atom. The summed E-state index contributed by atoms with van der Waals surface area (Å²) < 4.78 is 0. The number of hydrogen-bond acceptors (Lipinski definition) is 7. The van der Waals surface area contributed by atoms with Gasteiger partial charge in [0.2, 0.25) is 5.95 Å². The van der Waals surface area contributed by atoms with Crippen LogP contribution >= 0.6 is 11.6 Å². The highest BCUT2D eigenvalue weighted by molar-refractivity contribution is 6.32. The van der Waals surface area contributed by atoms with Gasteiger partial charge in [-0.25, -0.2) is 4.98 Å². The minimum Gasteiger partial charge on any atom is -0.366 e. The van der Waals surface area contributed by atoms with Crippen LogP contribution in [0.2, 0.25) is 5.02 Å². The van der Waals surface area contributed by atoms with E-state index in [0.29, 0.717) is 29.1 Å². The Hall–Kier alpha value is -1.15. The summed E-state index contributed by atoms with van der Waals surface area (Å²) in [4.78, 5) is 11.6. The van der Waals surface area contributed by atoms with Crippen LogP contribution in [0.25, 0.3) is 0 Å². The fourth-order valence-corrected chi connectivity index (χ4v) is 4.46. The molecule has 0 spiro atoms. The molecule has 4 atom stereocenters. The van der Waals surface area contributed by atoms with Gasteiger partial charge in [0.15, 0.2) is 5.82 Å². The van der Waals surface area contributed by atoms with Gasteiger partial charge in [0.1, 0.15) is 5.02 Å². The van der Waals surface area contributed by atoms with Gasteiger partial charge in [-0.05, 0) is 31.6 Å². The highest BCUT2D eigenvalue weighted by Crippen LogP contribution is 2.31. The number of halogens is 1. The molecule has 2 aliphatic heterocycles. The van der Waals surface area contributed by atoms with Crippen molar-refractivity contribution in [1.82, 2.24) is 26.1 Å². The average molecular weight is 366 g/mol. The molecule has 7 nitrogen and oxygen atoms in total. The Bertz CT molecular complexity index is 598. The van der Waals surface area contributed by atoms with Gasteiger partial charge in [-0.3, -0.25) is 10.9 Å². The number of piperazine rings is 1. The van der Waals surface area contributed by atoms with Gasteiger partial charge in [-0.2, -0.15) is 4.98 Å². The summed E-state index contributed by atoms with van der Waals surface area (Å²) in [5.41, 5.74) is 6.66. The van der Waals surface area contributed by atoms with Crippen LogP contribution in [0.5, 0.6) is 0 Å². The van der Waals surface area contributed by atoms with E-state index in [1.807, 2.05) is 0 Å². The van der Waals surface area contributed by atoms with Crippen LogP contribution in [0.3, 0.4) is 0 Å². The molecule has 138 valence electrons. The highest BCUT2D eigenvalue weighted by Gasteiger charge is 2.34. The standard InChI is InChI=1S/C17H28ClN7/c1-2-13-9-19-5-6-25(13)17-20-10-14(18)16(23-17)22-12-3-4-15-11(7-12)8-21-24-15/h10-13,15,19,21,24H,2-9H2,1H3,(H,20,22,23). The van der Waals surface area contributed by atoms with Gasteiger partial charge >= 0.3 is 0 Å². The lowest BCUT2D eigenvalue weighted by Gasteiger charge is -2.36.